The molecule has 0 bridgehead atoms. The average molecular weight is 477 g/mol. The van der Waals surface area contributed by atoms with Crippen molar-refractivity contribution in [3.05, 3.63) is 64.2 Å². The Balaban J connectivity index is 1.66. The first kappa shape index (κ1) is 23.5. The fraction of sp³-hybridized carbons (Fsp3) is 0.350. The number of carbonyl (C=O) groups excluding carboxylic acids is 1. The summed E-state index contributed by atoms with van der Waals surface area (Å²) in [6.07, 6.45) is -4.75. The zero-order valence-corrected chi connectivity index (χ0v) is 18.1. The van der Waals surface area contributed by atoms with Crippen molar-refractivity contribution < 1.29 is 31.1 Å². The van der Waals surface area contributed by atoms with E-state index in [9.17, 15) is 26.4 Å². The Morgan fingerprint density at radius 2 is 1.68 bits per heavy atom. The smallest absolute Gasteiger partial charge is 0.417 e. The molecule has 0 aliphatic carbocycles. The molecule has 1 aliphatic heterocycles. The summed E-state index contributed by atoms with van der Waals surface area (Å²) in [6.45, 7) is 1.67. The van der Waals surface area contributed by atoms with Gasteiger partial charge in [0.2, 0.25) is 10.0 Å². The Morgan fingerprint density at radius 3 is 2.23 bits per heavy atom. The van der Waals surface area contributed by atoms with Crippen LogP contribution < -0.4 is 0 Å². The van der Waals surface area contributed by atoms with E-state index in [1.54, 1.807) is 24.3 Å². The number of nitrogens with zero attached hydrogens (tertiary/aromatic N) is 2. The molecule has 1 aliphatic rings. The maximum absolute atomic E-state index is 13.1. The predicted octanol–water partition coefficient (Wildman–Crippen LogP) is 3.65. The molecule has 168 valence electrons. The summed E-state index contributed by atoms with van der Waals surface area (Å²) in [5.41, 5.74) is 0.198. The summed E-state index contributed by atoms with van der Waals surface area (Å²) >= 11 is 5.59. The molecule has 1 saturated heterocycles. The molecule has 0 aromatic heterocycles. The van der Waals surface area contributed by atoms with Gasteiger partial charge in [-0.2, -0.15) is 17.5 Å². The van der Waals surface area contributed by atoms with Crippen LogP contribution in [0.2, 0.25) is 5.02 Å². The van der Waals surface area contributed by atoms with E-state index in [0.717, 1.165) is 17.7 Å². The lowest BCUT2D eigenvalue weighted by Crippen LogP contribution is -2.48. The summed E-state index contributed by atoms with van der Waals surface area (Å²) in [5.74, 6) is -0.429. The van der Waals surface area contributed by atoms with Gasteiger partial charge in [0, 0.05) is 32.7 Å². The number of hydrogen-bond donors (Lipinski definition) is 0. The average Bonchev–Trinajstić information content (AvgIpc) is 2.73. The van der Waals surface area contributed by atoms with Crippen LogP contribution in [0.3, 0.4) is 0 Å². The molecule has 6 nitrogen and oxygen atoms in total. The monoisotopic (exact) mass is 476 g/mol. The summed E-state index contributed by atoms with van der Waals surface area (Å²) in [7, 11) is -2.78. The van der Waals surface area contributed by atoms with Crippen molar-refractivity contribution in [2.24, 2.45) is 0 Å². The van der Waals surface area contributed by atoms with Gasteiger partial charge in [-0.15, -0.1) is 0 Å². The molecule has 31 heavy (non-hydrogen) atoms. The zero-order chi connectivity index (χ0) is 22.8. The molecule has 0 saturated carbocycles. The number of carbonyl (C=O) groups is 1. The van der Waals surface area contributed by atoms with Crippen molar-refractivity contribution in [1.29, 1.82) is 0 Å². The third-order valence-corrected chi connectivity index (χ3v) is 7.22. The SMILES string of the molecule is COC(=O)c1ccc(CN2CCN(S(=O)(=O)c3ccc(Cl)c(C(F)(F)F)c3)CC2)cc1. The molecule has 1 heterocycles. The normalized spacial score (nSPS) is 16.3. The minimum Gasteiger partial charge on any atom is -0.465 e. The van der Waals surface area contributed by atoms with Crippen LogP contribution in [0.25, 0.3) is 0 Å². The van der Waals surface area contributed by atoms with Gasteiger partial charge in [0.15, 0.2) is 0 Å². The number of esters is 1. The van der Waals surface area contributed by atoms with Crippen LogP contribution in [0.15, 0.2) is 47.4 Å². The second kappa shape index (κ2) is 9.15. The summed E-state index contributed by atoms with van der Waals surface area (Å²) in [5, 5.41) is -0.547. The largest absolute Gasteiger partial charge is 0.465 e. The minimum absolute atomic E-state index is 0.145. The molecule has 1 fully saturated rings. The van der Waals surface area contributed by atoms with Crippen molar-refractivity contribution in [2.45, 2.75) is 17.6 Å². The molecule has 2 aromatic rings. The van der Waals surface area contributed by atoms with Gasteiger partial charge in [-0.1, -0.05) is 23.7 Å². The molecule has 2 aromatic carbocycles. The molecule has 0 amide bonds. The Bertz CT molecular complexity index is 1050. The number of piperazine rings is 1. The van der Waals surface area contributed by atoms with E-state index in [1.807, 2.05) is 4.90 Å². The van der Waals surface area contributed by atoms with Crippen LogP contribution in [0.1, 0.15) is 21.5 Å². The third-order valence-electron chi connectivity index (χ3n) is 4.99. The van der Waals surface area contributed by atoms with Crippen LogP contribution in [0.5, 0.6) is 0 Å². The van der Waals surface area contributed by atoms with E-state index < -0.39 is 37.7 Å². The van der Waals surface area contributed by atoms with Crippen molar-refractivity contribution in [1.82, 2.24) is 9.21 Å². The summed E-state index contributed by atoms with van der Waals surface area (Å²) in [4.78, 5) is 13.1. The minimum atomic E-state index is -4.75. The second-order valence-electron chi connectivity index (χ2n) is 7.01. The lowest BCUT2D eigenvalue weighted by molar-refractivity contribution is -0.137. The van der Waals surface area contributed by atoms with Gasteiger partial charge in [0.25, 0.3) is 0 Å². The number of methoxy groups -OCH3 is 1. The van der Waals surface area contributed by atoms with Gasteiger partial charge in [-0.25, -0.2) is 13.2 Å². The van der Waals surface area contributed by atoms with E-state index in [-0.39, 0.29) is 13.1 Å². The van der Waals surface area contributed by atoms with E-state index in [0.29, 0.717) is 31.3 Å². The maximum Gasteiger partial charge on any atom is 0.417 e. The van der Waals surface area contributed by atoms with Gasteiger partial charge in [0.05, 0.1) is 28.2 Å². The fourth-order valence-electron chi connectivity index (χ4n) is 3.28. The Morgan fingerprint density at radius 1 is 1.06 bits per heavy atom. The van der Waals surface area contributed by atoms with Gasteiger partial charge in [-0.05, 0) is 35.9 Å². The highest BCUT2D eigenvalue weighted by molar-refractivity contribution is 7.89. The topological polar surface area (TPSA) is 66.9 Å². The first-order valence-electron chi connectivity index (χ1n) is 9.29. The van der Waals surface area contributed by atoms with Gasteiger partial charge >= 0.3 is 12.1 Å². The maximum atomic E-state index is 13.1. The van der Waals surface area contributed by atoms with E-state index in [4.69, 9.17) is 11.6 Å². The zero-order valence-electron chi connectivity index (χ0n) is 16.5. The Hall–Kier alpha value is -2.14. The number of sulfonamides is 1. The molecule has 3 rings (SSSR count). The lowest BCUT2D eigenvalue weighted by Gasteiger charge is -2.34. The van der Waals surface area contributed by atoms with Crippen molar-refractivity contribution in [2.75, 3.05) is 33.3 Å². The van der Waals surface area contributed by atoms with Crippen LogP contribution >= 0.6 is 11.6 Å². The Labute approximate surface area is 183 Å². The molecule has 0 atom stereocenters. The van der Waals surface area contributed by atoms with Crippen LogP contribution in [-0.4, -0.2) is 56.9 Å². The summed E-state index contributed by atoms with van der Waals surface area (Å²) < 4.78 is 70.7. The van der Waals surface area contributed by atoms with Gasteiger partial charge < -0.3 is 4.74 Å². The molecular weight excluding hydrogens is 457 g/mol. The highest BCUT2D eigenvalue weighted by atomic mass is 35.5. The number of hydrogen-bond acceptors (Lipinski definition) is 5. The highest BCUT2D eigenvalue weighted by Gasteiger charge is 2.36. The molecular formula is C20H20ClF3N2O4S. The number of rotatable bonds is 5. The van der Waals surface area contributed by atoms with Crippen LogP contribution in [-0.2, 0) is 27.5 Å². The molecule has 0 N–H and O–H groups in total. The van der Waals surface area contributed by atoms with Crippen LogP contribution in [0.4, 0.5) is 13.2 Å². The Kier molecular flexibility index (Phi) is 6.95. The second-order valence-corrected chi connectivity index (χ2v) is 9.35. The number of benzene rings is 2. The molecule has 0 unspecified atom stereocenters. The number of ether oxygens (including phenoxy) is 1. The molecule has 11 heteroatoms. The summed E-state index contributed by atoms with van der Waals surface area (Å²) in [6, 6.07) is 9.51. The molecule has 0 radical (unpaired) electrons. The molecule has 0 spiro atoms. The number of halogens is 4. The van der Waals surface area contributed by atoms with Gasteiger partial charge in [0.1, 0.15) is 0 Å². The highest BCUT2D eigenvalue weighted by Crippen LogP contribution is 2.36. The van der Waals surface area contributed by atoms with E-state index in [1.165, 1.54) is 11.4 Å². The first-order chi connectivity index (χ1) is 14.5. The fourth-order valence-corrected chi connectivity index (χ4v) is 4.96. The van der Waals surface area contributed by atoms with E-state index in [2.05, 4.69) is 4.74 Å². The number of alkyl halides is 3. The van der Waals surface area contributed by atoms with Crippen molar-refractivity contribution >= 4 is 27.6 Å². The quantitative estimate of drug-likeness (QED) is 0.616. The van der Waals surface area contributed by atoms with E-state index >= 15 is 0 Å². The predicted molar refractivity (Wildman–Crippen MR) is 108 cm³/mol. The van der Waals surface area contributed by atoms with Gasteiger partial charge in [-0.3, -0.25) is 4.90 Å². The van der Waals surface area contributed by atoms with Crippen LogP contribution in [0, 0.1) is 0 Å². The van der Waals surface area contributed by atoms with Crippen molar-refractivity contribution in [3.63, 3.8) is 0 Å². The van der Waals surface area contributed by atoms with Crippen molar-refractivity contribution in [3.8, 4) is 0 Å². The third kappa shape index (κ3) is 5.38. The first-order valence-corrected chi connectivity index (χ1v) is 11.1. The lowest BCUT2D eigenvalue weighted by atomic mass is 10.1. The standard InChI is InChI=1S/C20H20ClF3N2O4S/c1-30-19(27)15-4-2-14(3-5-15)13-25-8-10-26(11-9-25)31(28,29)16-6-7-18(21)17(12-16)20(22,23)24/h2-7,12H,8-11,13H2,1H3.